The van der Waals surface area contributed by atoms with Gasteiger partial charge in [0, 0.05) is 55.4 Å². The van der Waals surface area contributed by atoms with E-state index in [0.29, 0.717) is 30.4 Å². The van der Waals surface area contributed by atoms with Gasteiger partial charge < -0.3 is 19.9 Å². The molecule has 138 valence electrons. The number of halogens is 1. The molecule has 1 aliphatic heterocycles. The van der Waals surface area contributed by atoms with Crippen molar-refractivity contribution < 1.29 is 9.90 Å². The molecule has 0 radical (unpaired) electrons. The molecule has 2 heterocycles. The number of nitrogens with one attached hydrogen (secondary N) is 1. The van der Waals surface area contributed by atoms with Crippen LogP contribution < -0.4 is 10.9 Å². The number of hydrogen-bond acceptors (Lipinski definition) is 4. The van der Waals surface area contributed by atoms with E-state index in [2.05, 4.69) is 5.32 Å². The van der Waals surface area contributed by atoms with Crippen molar-refractivity contribution in [2.24, 2.45) is 0 Å². The topological polar surface area (TPSA) is 74.6 Å². The van der Waals surface area contributed by atoms with Crippen LogP contribution in [0, 0.1) is 6.92 Å². The fourth-order valence-corrected chi connectivity index (χ4v) is 3.38. The second-order valence-corrected chi connectivity index (χ2v) is 6.93. The lowest BCUT2D eigenvalue weighted by atomic mass is 10.0. The molecule has 0 aliphatic carbocycles. The molecule has 1 unspecified atom stereocenters. The smallest absolute Gasteiger partial charge is 0.254 e. The van der Waals surface area contributed by atoms with Gasteiger partial charge in [-0.3, -0.25) is 9.59 Å². The molecule has 2 aromatic rings. The molecule has 26 heavy (non-hydrogen) atoms. The summed E-state index contributed by atoms with van der Waals surface area (Å²) in [6.07, 6.45) is 0.249. The van der Waals surface area contributed by atoms with Gasteiger partial charge in [0.15, 0.2) is 0 Å². The summed E-state index contributed by atoms with van der Waals surface area (Å²) in [7, 11) is 0. The summed E-state index contributed by atoms with van der Waals surface area (Å²) >= 11 is 5.94. The number of carbonyl (C=O) groups excluding carboxylic acids is 1. The van der Waals surface area contributed by atoms with Crippen LogP contribution in [0.25, 0.3) is 0 Å². The zero-order valence-corrected chi connectivity index (χ0v) is 15.4. The first-order chi connectivity index (χ1) is 12.4. The predicted octanol–water partition coefficient (Wildman–Crippen LogP) is 2.08. The largest absolute Gasteiger partial charge is 0.508 e. The molecule has 6 nitrogen and oxygen atoms in total. The minimum atomic E-state index is -0.297. The number of amides is 1. The molecule has 3 rings (SSSR count). The van der Waals surface area contributed by atoms with Gasteiger partial charge in [0.2, 0.25) is 5.91 Å². The van der Waals surface area contributed by atoms with Gasteiger partial charge >= 0.3 is 0 Å². The first kappa shape index (κ1) is 18.5. The van der Waals surface area contributed by atoms with E-state index in [1.807, 2.05) is 29.2 Å². The van der Waals surface area contributed by atoms with Crippen LogP contribution in [0.5, 0.6) is 5.75 Å². The average Bonchev–Trinajstić information content (AvgIpc) is 2.61. The molecular weight excluding hydrogens is 354 g/mol. The Hall–Kier alpha value is -2.31. The van der Waals surface area contributed by atoms with Crippen LogP contribution in [0.2, 0.25) is 5.02 Å². The predicted molar refractivity (Wildman–Crippen MR) is 100 cm³/mol. The van der Waals surface area contributed by atoms with E-state index in [0.717, 1.165) is 12.1 Å². The van der Waals surface area contributed by atoms with Crippen LogP contribution >= 0.6 is 11.6 Å². The molecular formula is C19H22ClN3O3. The van der Waals surface area contributed by atoms with E-state index < -0.39 is 0 Å². The Morgan fingerprint density at radius 2 is 2.04 bits per heavy atom. The number of aromatic nitrogens is 1. The summed E-state index contributed by atoms with van der Waals surface area (Å²) in [6.45, 7) is 4.00. The van der Waals surface area contributed by atoms with E-state index in [4.69, 9.17) is 11.6 Å². The second kappa shape index (κ2) is 7.93. The molecule has 0 spiro atoms. The van der Waals surface area contributed by atoms with Crippen LogP contribution in [-0.4, -0.2) is 40.1 Å². The van der Waals surface area contributed by atoms with Gasteiger partial charge in [0.05, 0.1) is 0 Å². The Morgan fingerprint density at radius 3 is 2.73 bits per heavy atom. The lowest BCUT2D eigenvalue weighted by Gasteiger charge is -2.34. The highest BCUT2D eigenvalue weighted by molar-refractivity contribution is 6.30. The molecule has 0 saturated carbocycles. The standard InChI is InChI=1S/C19H22ClN3O3/c1-13-10-16(24)11-19(26)23(13)8-6-18(25)22-9-7-21-17(12-22)14-2-4-15(20)5-3-14/h2-5,10-11,17,21,24H,6-9,12H2,1H3. The highest BCUT2D eigenvalue weighted by Crippen LogP contribution is 2.20. The summed E-state index contributed by atoms with van der Waals surface area (Å²) in [5, 5.41) is 13.6. The molecule has 1 saturated heterocycles. The minimum absolute atomic E-state index is 0.0184. The Morgan fingerprint density at radius 1 is 1.31 bits per heavy atom. The van der Waals surface area contributed by atoms with Gasteiger partial charge in [-0.05, 0) is 30.7 Å². The van der Waals surface area contributed by atoms with Gasteiger partial charge in [-0.15, -0.1) is 0 Å². The SMILES string of the molecule is Cc1cc(O)cc(=O)n1CCC(=O)N1CCNC(c2ccc(Cl)cc2)C1. The van der Waals surface area contributed by atoms with Gasteiger partial charge in [-0.2, -0.15) is 0 Å². The Labute approximate surface area is 157 Å². The van der Waals surface area contributed by atoms with Crippen LogP contribution in [0.3, 0.4) is 0 Å². The highest BCUT2D eigenvalue weighted by Gasteiger charge is 2.24. The highest BCUT2D eigenvalue weighted by atomic mass is 35.5. The average molecular weight is 376 g/mol. The van der Waals surface area contributed by atoms with Crippen molar-refractivity contribution in [1.82, 2.24) is 14.8 Å². The lowest BCUT2D eigenvalue weighted by Crippen LogP contribution is -2.48. The Balaban J connectivity index is 1.63. The fraction of sp³-hybridized carbons (Fsp3) is 0.368. The molecule has 1 aromatic heterocycles. The van der Waals surface area contributed by atoms with Crippen molar-refractivity contribution in [3.8, 4) is 5.75 Å². The minimum Gasteiger partial charge on any atom is -0.508 e. The molecule has 0 bridgehead atoms. The Bertz CT molecular complexity index is 848. The third kappa shape index (κ3) is 4.26. The van der Waals surface area contributed by atoms with Crippen LogP contribution in [-0.2, 0) is 11.3 Å². The van der Waals surface area contributed by atoms with E-state index >= 15 is 0 Å². The number of pyridine rings is 1. The van der Waals surface area contributed by atoms with Crippen molar-refractivity contribution >= 4 is 17.5 Å². The lowest BCUT2D eigenvalue weighted by molar-refractivity contribution is -0.132. The third-order valence-corrected chi connectivity index (χ3v) is 4.92. The number of aromatic hydroxyl groups is 1. The van der Waals surface area contributed by atoms with Gasteiger partial charge in [0.25, 0.3) is 5.56 Å². The maximum atomic E-state index is 12.6. The summed E-state index contributed by atoms with van der Waals surface area (Å²) in [6, 6.07) is 10.4. The maximum Gasteiger partial charge on any atom is 0.254 e. The van der Waals surface area contributed by atoms with Gasteiger partial charge in [-0.25, -0.2) is 0 Å². The fourth-order valence-electron chi connectivity index (χ4n) is 3.26. The third-order valence-electron chi connectivity index (χ3n) is 4.67. The molecule has 1 atom stereocenters. The number of piperazine rings is 1. The second-order valence-electron chi connectivity index (χ2n) is 6.49. The molecule has 1 amide bonds. The van der Waals surface area contributed by atoms with E-state index in [1.165, 1.54) is 16.7 Å². The Kier molecular flexibility index (Phi) is 5.64. The summed E-state index contributed by atoms with van der Waals surface area (Å²) in [5.41, 5.74) is 1.44. The first-order valence-corrected chi connectivity index (χ1v) is 8.99. The quantitative estimate of drug-likeness (QED) is 0.858. The number of rotatable bonds is 4. The van der Waals surface area contributed by atoms with Gasteiger partial charge in [0.1, 0.15) is 5.75 Å². The molecule has 1 fully saturated rings. The number of aryl methyl sites for hydroxylation is 1. The monoisotopic (exact) mass is 375 g/mol. The number of nitrogens with zero attached hydrogens (tertiary/aromatic N) is 2. The van der Waals surface area contributed by atoms with E-state index in [-0.39, 0.29) is 29.7 Å². The van der Waals surface area contributed by atoms with E-state index in [9.17, 15) is 14.7 Å². The van der Waals surface area contributed by atoms with Crippen LogP contribution in [0.1, 0.15) is 23.7 Å². The van der Waals surface area contributed by atoms with Crippen LogP contribution in [0.15, 0.2) is 41.2 Å². The number of benzene rings is 1. The summed E-state index contributed by atoms with van der Waals surface area (Å²) in [4.78, 5) is 26.4. The van der Waals surface area contributed by atoms with Crippen molar-refractivity contribution in [2.75, 3.05) is 19.6 Å². The molecule has 2 N–H and O–H groups in total. The molecule has 1 aliphatic rings. The summed E-state index contributed by atoms with van der Waals surface area (Å²) < 4.78 is 1.51. The van der Waals surface area contributed by atoms with Crippen molar-refractivity contribution in [1.29, 1.82) is 0 Å². The summed E-state index contributed by atoms with van der Waals surface area (Å²) in [5.74, 6) is -0.0344. The molecule has 7 heteroatoms. The zero-order chi connectivity index (χ0) is 18.7. The zero-order valence-electron chi connectivity index (χ0n) is 14.6. The van der Waals surface area contributed by atoms with Crippen molar-refractivity contribution in [3.05, 3.63) is 63.0 Å². The van der Waals surface area contributed by atoms with E-state index in [1.54, 1.807) is 6.92 Å². The normalized spacial score (nSPS) is 17.3. The number of hydrogen-bond donors (Lipinski definition) is 2. The number of carbonyl (C=O) groups is 1. The van der Waals surface area contributed by atoms with Crippen LogP contribution in [0.4, 0.5) is 0 Å². The maximum absolute atomic E-state index is 12.6. The first-order valence-electron chi connectivity index (χ1n) is 8.61. The molecule has 1 aromatic carbocycles. The van der Waals surface area contributed by atoms with Gasteiger partial charge in [-0.1, -0.05) is 23.7 Å². The van der Waals surface area contributed by atoms with Crippen molar-refractivity contribution in [2.45, 2.75) is 25.9 Å². The van der Waals surface area contributed by atoms with Crippen molar-refractivity contribution in [3.63, 3.8) is 0 Å².